The van der Waals surface area contributed by atoms with Crippen LogP contribution in [0, 0.1) is 0 Å². The van der Waals surface area contributed by atoms with Crippen LogP contribution in [0.5, 0.6) is 0 Å². The number of ether oxygens (including phenoxy) is 1. The number of carbonyl (C=O) groups is 1. The molecule has 1 aromatic heterocycles. The van der Waals surface area contributed by atoms with Gasteiger partial charge in [-0.2, -0.15) is 13.2 Å². The van der Waals surface area contributed by atoms with Gasteiger partial charge in [0.1, 0.15) is 6.10 Å². The maximum atomic E-state index is 13.0. The molecule has 1 aliphatic rings. The molecule has 0 bridgehead atoms. The van der Waals surface area contributed by atoms with Crippen molar-refractivity contribution < 1.29 is 27.8 Å². The number of hydrogen-bond acceptors (Lipinski definition) is 4. The number of piperidine rings is 1. The van der Waals surface area contributed by atoms with Gasteiger partial charge in [-0.15, -0.1) is 0 Å². The van der Waals surface area contributed by atoms with E-state index in [0.29, 0.717) is 17.8 Å². The van der Waals surface area contributed by atoms with Crippen LogP contribution in [0.2, 0.25) is 0 Å². The van der Waals surface area contributed by atoms with Gasteiger partial charge in [0.25, 0.3) is 0 Å². The van der Waals surface area contributed by atoms with E-state index in [1.54, 1.807) is 6.07 Å². The van der Waals surface area contributed by atoms with Crippen molar-refractivity contribution in [1.82, 2.24) is 9.88 Å². The van der Waals surface area contributed by atoms with E-state index in [2.05, 4.69) is 9.88 Å². The van der Waals surface area contributed by atoms with Gasteiger partial charge in [0.05, 0.1) is 22.9 Å². The van der Waals surface area contributed by atoms with E-state index in [-0.39, 0.29) is 11.7 Å². The summed E-state index contributed by atoms with van der Waals surface area (Å²) in [6.07, 6.45) is -1.89. The van der Waals surface area contributed by atoms with Crippen molar-refractivity contribution in [3.8, 4) is 0 Å². The number of hydrogen-bond donors (Lipinski definition) is 1. The van der Waals surface area contributed by atoms with Crippen LogP contribution in [-0.2, 0) is 17.5 Å². The van der Waals surface area contributed by atoms with Crippen LogP contribution >= 0.6 is 0 Å². The first-order valence-electron chi connectivity index (χ1n) is 11.1. The number of aromatic nitrogens is 1. The Balaban J connectivity index is 1.42. The number of rotatable bonds is 7. The van der Waals surface area contributed by atoms with Crippen molar-refractivity contribution in [2.24, 2.45) is 0 Å². The third kappa shape index (κ3) is 6.01. The molecule has 1 fully saturated rings. The topological polar surface area (TPSA) is 62.7 Å². The van der Waals surface area contributed by atoms with Gasteiger partial charge in [0.15, 0.2) is 0 Å². The van der Waals surface area contributed by atoms with Gasteiger partial charge in [-0.05, 0) is 48.2 Å². The Bertz CT molecular complexity index is 1100. The van der Waals surface area contributed by atoms with E-state index in [0.717, 1.165) is 43.6 Å². The number of aromatic carboxylic acids is 1. The fourth-order valence-electron chi connectivity index (χ4n) is 4.15. The zero-order valence-electron chi connectivity index (χ0n) is 18.4. The molecule has 2 aromatic carbocycles. The van der Waals surface area contributed by atoms with E-state index in [4.69, 9.17) is 9.84 Å². The molecule has 4 rings (SSSR count). The molecule has 1 aliphatic heterocycles. The van der Waals surface area contributed by atoms with Crippen LogP contribution in [0.25, 0.3) is 0 Å². The summed E-state index contributed by atoms with van der Waals surface area (Å²) in [7, 11) is 0. The van der Waals surface area contributed by atoms with E-state index >= 15 is 0 Å². The minimum absolute atomic E-state index is 0.0536. The molecular formula is C26H25F3N2O3. The lowest BCUT2D eigenvalue weighted by molar-refractivity contribution is -0.137. The minimum atomic E-state index is -4.38. The largest absolute Gasteiger partial charge is 0.478 e. The molecule has 1 saturated heterocycles. The second-order valence-electron chi connectivity index (χ2n) is 8.36. The molecule has 0 aliphatic carbocycles. The Kier molecular flexibility index (Phi) is 7.29. The second-order valence-corrected chi connectivity index (χ2v) is 8.36. The molecule has 1 atom stereocenters. The molecule has 2 heterocycles. The summed E-state index contributed by atoms with van der Waals surface area (Å²) >= 11 is 0. The zero-order chi connectivity index (χ0) is 24.1. The van der Waals surface area contributed by atoms with E-state index in [1.165, 1.54) is 24.4 Å². The number of nitrogens with zero attached hydrogens (tertiary/aromatic N) is 2. The van der Waals surface area contributed by atoms with Crippen molar-refractivity contribution in [3.63, 3.8) is 0 Å². The average Bonchev–Trinajstić information content (AvgIpc) is 2.84. The quantitative estimate of drug-likeness (QED) is 0.489. The maximum absolute atomic E-state index is 13.0. The number of halogens is 3. The molecule has 0 amide bonds. The summed E-state index contributed by atoms with van der Waals surface area (Å²) < 4.78 is 45.4. The highest BCUT2D eigenvalue weighted by atomic mass is 19.4. The SMILES string of the molecule is O=C(O)c1ccnc(CN2CCC(OC(c3ccccc3)c3ccc(C(F)(F)F)cc3)CC2)c1. The van der Waals surface area contributed by atoms with Gasteiger partial charge in [-0.1, -0.05) is 42.5 Å². The fourth-order valence-corrected chi connectivity index (χ4v) is 4.15. The van der Waals surface area contributed by atoms with E-state index in [1.807, 2.05) is 30.3 Å². The number of pyridine rings is 1. The Morgan fingerprint density at radius 3 is 2.29 bits per heavy atom. The van der Waals surface area contributed by atoms with Crippen molar-refractivity contribution in [1.29, 1.82) is 0 Å². The molecule has 0 radical (unpaired) electrons. The van der Waals surface area contributed by atoms with Crippen molar-refractivity contribution in [2.75, 3.05) is 13.1 Å². The fraction of sp³-hybridized carbons (Fsp3) is 0.308. The maximum Gasteiger partial charge on any atom is 0.416 e. The van der Waals surface area contributed by atoms with Crippen molar-refractivity contribution >= 4 is 5.97 Å². The molecule has 0 spiro atoms. The Labute approximate surface area is 195 Å². The number of carboxylic acids is 1. The molecule has 1 unspecified atom stereocenters. The summed E-state index contributed by atoms with van der Waals surface area (Å²) in [6.45, 7) is 2.05. The standard InChI is InChI=1S/C26H25F3N2O3/c27-26(28,29)21-8-6-19(7-9-21)24(18-4-2-1-3-5-18)34-23-11-14-31(15-12-23)17-22-16-20(25(32)33)10-13-30-22/h1-10,13,16,23-24H,11-12,14-15,17H2,(H,32,33). The second kappa shape index (κ2) is 10.4. The normalized spacial score (nSPS) is 16.3. The number of benzene rings is 2. The Morgan fingerprint density at radius 2 is 1.68 bits per heavy atom. The van der Waals surface area contributed by atoms with Gasteiger partial charge < -0.3 is 9.84 Å². The molecule has 1 N–H and O–H groups in total. The van der Waals surface area contributed by atoms with Gasteiger partial charge in [-0.3, -0.25) is 9.88 Å². The van der Waals surface area contributed by atoms with E-state index in [9.17, 15) is 18.0 Å². The molecule has 8 heteroatoms. The summed E-state index contributed by atoms with van der Waals surface area (Å²) in [4.78, 5) is 17.6. The van der Waals surface area contributed by atoms with Crippen LogP contribution < -0.4 is 0 Å². The highest BCUT2D eigenvalue weighted by molar-refractivity contribution is 5.87. The molecule has 0 saturated carbocycles. The van der Waals surface area contributed by atoms with Crippen LogP contribution in [0.1, 0.15) is 51.7 Å². The van der Waals surface area contributed by atoms with Gasteiger partial charge >= 0.3 is 12.1 Å². The predicted molar refractivity (Wildman–Crippen MR) is 120 cm³/mol. The van der Waals surface area contributed by atoms with Gasteiger partial charge in [0.2, 0.25) is 0 Å². The lowest BCUT2D eigenvalue weighted by Crippen LogP contribution is -2.37. The Morgan fingerprint density at radius 1 is 1.03 bits per heavy atom. The molecule has 34 heavy (non-hydrogen) atoms. The third-order valence-electron chi connectivity index (χ3n) is 5.96. The zero-order valence-corrected chi connectivity index (χ0v) is 18.4. The lowest BCUT2D eigenvalue weighted by Gasteiger charge is -2.34. The monoisotopic (exact) mass is 470 g/mol. The summed E-state index contributed by atoms with van der Waals surface area (Å²) in [6, 6.07) is 17.7. The first-order chi connectivity index (χ1) is 16.3. The lowest BCUT2D eigenvalue weighted by atomic mass is 9.99. The first-order valence-corrected chi connectivity index (χ1v) is 11.1. The minimum Gasteiger partial charge on any atom is -0.478 e. The van der Waals surface area contributed by atoms with Crippen molar-refractivity contribution in [2.45, 2.75) is 37.8 Å². The third-order valence-corrected chi connectivity index (χ3v) is 5.96. The smallest absolute Gasteiger partial charge is 0.416 e. The highest BCUT2D eigenvalue weighted by Crippen LogP contribution is 2.34. The van der Waals surface area contributed by atoms with Gasteiger partial charge in [-0.25, -0.2) is 4.79 Å². The highest BCUT2D eigenvalue weighted by Gasteiger charge is 2.31. The Hall–Kier alpha value is -3.23. The number of alkyl halides is 3. The van der Waals surface area contributed by atoms with Crippen LogP contribution in [0.15, 0.2) is 72.9 Å². The molecule has 3 aromatic rings. The molecule has 178 valence electrons. The number of carboxylic acid groups (broad SMARTS) is 1. The molecule has 5 nitrogen and oxygen atoms in total. The predicted octanol–water partition coefficient (Wildman–Crippen LogP) is 5.57. The van der Waals surface area contributed by atoms with E-state index < -0.39 is 23.8 Å². The van der Waals surface area contributed by atoms with Crippen LogP contribution in [-0.4, -0.2) is 40.2 Å². The summed E-state index contributed by atoms with van der Waals surface area (Å²) in [5, 5.41) is 9.16. The number of likely N-dealkylation sites (tertiary alicyclic amines) is 1. The van der Waals surface area contributed by atoms with Gasteiger partial charge in [0, 0.05) is 25.8 Å². The summed E-state index contributed by atoms with van der Waals surface area (Å²) in [5.41, 5.74) is 1.80. The molecular weight excluding hydrogens is 445 g/mol. The van der Waals surface area contributed by atoms with Crippen LogP contribution in [0.3, 0.4) is 0 Å². The summed E-state index contributed by atoms with van der Waals surface area (Å²) in [5.74, 6) is -0.981. The van der Waals surface area contributed by atoms with Crippen LogP contribution in [0.4, 0.5) is 13.2 Å². The average molecular weight is 470 g/mol. The van der Waals surface area contributed by atoms with Crippen molar-refractivity contribution in [3.05, 3.63) is 101 Å². The first kappa shape index (κ1) is 23.9.